The van der Waals surface area contributed by atoms with Crippen LogP contribution in [-0.2, 0) is 43.2 Å². The normalized spacial score (nSPS) is 10.1. The molecule has 16 heteroatoms. The maximum absolute atomic E-state index is 11.0. The summed E-state index contributed by atoms with van der Waals surface area (Å²) in [6.45, 7) is 22.7. The van der Waals surface area contributed by atoms with Gasteiger partial charge in [-0.1, -0.05) is 93.9 Å². The van der Waals surface area contributed by atoms with Crippen LogP contribution in [0.3, 0.4) is 0 Å². The number of ketones is 2. The Morgan fingerprint density at radius 2 is 0.807 bits per heavy atom. The summed E-state index contributed by atoms with van der Waals surface area (Å²) in [5.41, 5.74) is 10.6. The van der Waals surface area contributed by atoms with E-state index in [1.54, 1.807) is 0 Å². The average Bonchev–Trinajstić information content (AvgIpc) is 3.08. The van der Waals surface area contributed by atoms with Gasteiger partial charge in [-0.15, -0.1) is 0 Å². The van der Waals surface area contributed by atoms with Gasteiger partial charge < -0.3 is 37.6 Å². The second-order valence-electron chi connectivity index (χ2n) is 14.4. The van der Waals surface area contributed by atoms with Crippen molar-refractivity contribution in [1.29, 1.82) is 0 Å². The van der Waals surface area contributed by atoms with Gasteiger partial charge in [-0.3, -0.25) is 33.6 Å². The maximum Gasteiger partial charge on any atom is 0.373 e. The summed E-state index contributed by atoms with van der Waals surface area (Å²) < 4.78 is 0. The molecule has 0 aromatic carbocycles. The van der Waals surface area contributed by atoms with Crippen LogP contribution in [0, 0.1) is 17.8 Å². The quantitative estimate of drug-likeness (QED) is 0.0438. The van der Waals surface area contributed by atoms with Crippen LogP contribution in [-0.4, -0.2) is 89.8 Å². The van der Waals surface area contributed by atoms with Gasteiger partial charge in [0.2, 0.25) is 17.7 Å². The fourth-order valence-electron chi connectivity index (χ4n) is 4.13. The molecule has 0 unspecified atom stereocenters. The highest BCUT2D eigenvalue weighted by molar-refractivity contribution is 5.97. The number of aliphatic carboxylic acids is 2. The highest BCUT2D eigenvalue weighted by Crippen LogP contribution is 2.06. The summed E-state index contributed by atoms with van der Waals surface area (Å²) in [6.07, 6.45) is 11.7. The smallest absolute Gasteiger partial charge is 0.373 e. The van der Waals surface area contributed by atoms with E-state index in [1.165, 1.54) is 46.0 Å². The van der Waals surface area contributed by atoms with E-state index in [0.717, 1.165) is 50.0 Å². The summed E-state index contributed by atoms with van der Waals surface area (Å²) in [4.78, 5) is 90.7. The second-order valence-corrected chi connectivity index (χ2v) is 14.4. The van der Waals surface area contributed by atoms with Crippen LogP contribution in [0.4, 0.5) is 0 Å². The average molecular weight is 820 g/mol. The first-order valence-corrected chi connectivity index (χ1v) is 20.3. The molecule has 0 spiro atoms. The molecule has 1 atom stereocenters. The Bertz CT molecular complexity index is 1020. The number of nitrogens with one attached hydrogen (secondary N) is 3. The van der Waals surface area contributed by atoms with Gasteiger partial charge in [0.1, 0.15) is 24.0 Å². The van der Waals surface area contributed by atoms with Crippen molar-refractivity contribution in [2.24, 2.45) is 29.2 Å². The third-order valence-corrected chi connectivity index (χ3v) is 7.01. The lowest BCUT2D eigenvalue weighted by atomic mass is 10.1. The second kappa shape index (κ2) is 50.0. The van der Waals surface area contributed by atoms with Crippen molar-refractivity contribution in [3.63, 3.8) is 0 Å². The molecule has 0 aromatic rings. The summed E-state index contributed by atoms with van der Waals surface area (Å²) in [5, 5.41) is 24.6. The molecular weight excluding hydrogens is 738 g/mol. The van der Waals surface area contributed by atoms with Crippen molar-refractivity contribution in [2.75, 3.05) is 26.2 Å². The molecule has 0 fully saturated rings. The van der Waals surface area contributed by atoms with Gasteiger partial charge >= 0.3 is 18.1 Å². The molecule has 0 rings (SSSR count). The first-order chi connectivity index (χ1) is 26.7. The van der Waals surface area contributed by atoms with Crippen molar-refractivity contribution in [1.82, 2.24) is 16.0 Å². The fraction of sp³-hybridized carbons (Fsp3) is 0.805. The van der Waals surface area contributed by atoms with E-state index < -0.39 is 30.3 Å². The van der Waals surface area contributed by atoms with Gasteiger partial charge in [-0.25, -0.2) is 0 Å². The van der Waals surface area contributed by atoms with Crippen molar-refractivity contribution in [2.45, 2.75) is 172 Å². The van der Waals surface area contributed by atoms with Crippen LogP contribution < -0.4 is 27.4 Å². The van der Waals surface area contributed by atoms with Gasteiger partial charge in [0.05, 0.1) is 12.8 Å². The van der Waals surface area contributed by atoms with Gasteiger partial charge in [0, 0.05) is 19.6 Å². The molecule has 0 radical (unpaired) electrons. The van der Waals surface area contributed by atoms with E-state index in [0.29, 0.717) is 38.9 Å². The summed E-state index contributed by atoms with van der Waals surface area (Å²) in [6, 6.07) is -0.880. The number of rotatable bonds is 26. The number of unbranched alkanes of at least 4 members (excludes halogenated alkanes) is 4. The SMILES string of the molecule is CC.CC(=O)CC(=O)NCCCCC(C)C.CC(=O)CC(=O)NCCCCC(C)C.CC(C)CCCCN.N[C@@H](CCCCNC(=O)CC(=O)O)C(=O)O.O=C=O. The lowest BCUT2D eigenvalue weighted by molar-refractivity contribution is -0.192. The summed E-state index contributed by atoms with van der Waals surface area (Å²) in [5.74, 6) is -0.929. The Morgan fingerprint density at radius 3 is 1.05 bits per heavy atom. The van der Waals surface area contributed by atoms with Crippen LogP contribution in [0.2, 0.25) is 0 Å². The van der Waals surface area contributed by atoms with E-state index in [9.17, 15) is 33.6 Å². The highest BCUT2D eigenvalue weighted by atomic mass is 16.4. The van der Waals surface area contributed by atoms with Crippen LogP contribution in [0.15, 0.2) is 0 Å². The van der Waals surface area contributed by atoms with Crippen LogP contribution >= 0.6 is 0 Å². The molecule has 16 nitrogen and oxygen atoms in total. The summed E-state index contributed by atoms with van der Waals surface area (Å²) in [7, 11) is 0. The molecule has 0 bridgehead atoms. The number of carboxylic acid groups (broad SMARTS) is 2. The molecule has 57 heavy (non-hydrogen) atoms. The van der Waals surface area contributed by atoms with E-state index in [4.69, 9.17) is 31.3 Å². The van der Waals surface area contributed by atoms with Crippen molar-refractivity contribution in [3.05, 3.63) is 0 Å². The molecule has 0 aliphatic rings. The minimum atomic E-state index is -1.18. The molecule has 9 N–H and O–H groups in total. The minimum absolute atomic E-state index is 0.0180. The Hall–Kier alpha value is -4.01. The predicted molar refractivity (Wildman–Crippen MR) is 223 cm³/mol. The molecule has 0 aliphatic heterocycles. The Balaban J connectivity index is -0.000000149. The molecule has 336 valence electrons. The Kier molecular flexibility index (Phi) is 56.9. The van der Waals surface area contributed by atoms with Gasteiger partial charge in [-0.2, -0.15) is 9.59 Å². The number of Topliss-reactive ketones (excluding diaryl/α,β-unsaturated/α-hetero) is 2. The maximum atomic E-state index is 11.0. The first kappa shape index (κ1) is 64.9. The standard InChI is InChI=1S/2C11H21NO2.C9H16N2O5.C7H17N.C2H6.CO2/c2*1-9(2)6-4-5-7-12-11(14)8-10(3)13;10-6(9(15)16)3-1-2-4-11-7(12)5-8(13)14;1-7(2)5-3-4-6-8;1-2;2-1-3/h2*9H,4-8H2,1-3H3,(H,12,14);6H,1-5,10H2,(H,11,12)(H,13,14)(H,15,16);7H,3-6,8H2,1-2H3;1-2H3;/t;;6-;;;/m..0.../s1. The fourth-order valence-corrected chi connectivity index (χ4v) is 4.13. The lowest BCUT2D eigenvalue weighted by Gasteiger charge is -2.06. The topological polar surface area (TPSA) is 282 Å². The third-order valence-electron chi connectivity index (χ3n) is 7.01. The molecule has 0 saturated heterocycles. The monoisotopic (exact) mass is 820 g/mol. The van der Waals surface area contributed by atoms with E-state index in [-0.39, 0.29) is 42.4 Å². The number of amides is 3. The van der Waals surface area contributed by atoms with Crippen LogP contribution in [0.1, 0.15) is 166 Å². The third kappa shape index (κ3) is 77.3. The number of hydrogen-bond donors (Lipinski definition) is 7. The molecule has 3 amide bonds. The van der Waals surface area contributed by atoms with Crippen LogP contribution in [0.5, 0.6) is 0 Å². The molecule has 0 aliphatic carbocycles. The lowest BCUT2D eigenvalue weighted by Crippen LogP contribution is -2.30. The van der Waals surface area contributed by atoms with Crippen LogP contribution in [0.25, 0.3) is 0 Å². The predicted octanol–water partition coefficient (Wildman–Crippen LogP) is 5.19. The van der Waals surface area contributed by atoms with E-state index in [1.807, 2.05) is 13.8 Å². The van der Waals surface area contributed by atoms with Gasteiger partial charge in [0.25, 0.3) is 0 Å². The Labute approximate surface area is 343 Å². The van der Waals surface area contributed by atoms with Gasteiger partial charge in [-0.05, 0) is 76.7 Å². The van der Waals surface area contributed by atoms with E-state index in [2.05, 4.69) is 57.5 Å². The van der Waals surface area contributed by atoms with Crippen molar-refractivity contribution < 1.29 is 53.4 Å². The molecule has 0 heterocycles. The zero-order valence-electron chi connectivity index (χ0n) is 37.0. The summed E-state index contributed by atoms with van der Waals surface area (Å²) >= 11 is 0. The van der Waals surface area contributed by atoms with E-state index >= 15 is 0 Å². The zero-order valence-corrected chi connectivity index (χ0v) is 37.0. The first-order valence-electron chi connectivity index (χ1n) is 20.3. The van der Waals surface area contributed by atoms with Gasteiger partial charge in [0.15, 0.2) is 0 Å². The highest BCUT2D eigenvalue weighted by Gasteiger charge is 2.11. The number of carbonyl (C=O) groups excluding carboxylic acids is 7. The van der Waals surface area contributed by atoms with Crippen molar-refractivity contribution in [3.8, 4) is 0 Å². The number of carboxylic acids is 2. The number of carbonyl (C=O) groups is 7. The minimum Gasteiger partial charge on any atom is -0.481 e. The zero-order chi connectivity index (χ0) is 45.6. The largest absolute Gasteiger partial charge is 0.481 e. The molecule has 0 saturated carbocycles. The molecular formula is C41H81N5O11. The molecule has 0 aromatic heterocycles. The number of hydrogen-bond acceptors (Lipinski definition) is 11. The Morgan fingerprint density at radius 1 is 0.526 bits per heavy atom. The number of nitrogens with two attached hydrogens (primary N) is 2. The van der Waals surface area contributed by atoms with Crippen molar-refractivity contribution >= 4 is 47.4 Å².